The number of H-pyrrole nitrogens is 2. The van der Waals surface area contributed by atoms with Gasteiger partial charge in [-0.05, 0) is 129 Å². The average Bonchev–Trinajstić information content (AvgIpc) is 3.99. The number of benzene rings is 4. The van der Waals surface area contributed by atoms with Crippen LogP contribution in [-0.2, 0) is 0 Å². The minimum Gasteiger partial charge on any atom is -0.354 e. The van der Waals surface area contributed by atoms with Gasteiger partial charge in [0.15, 0.2) is 0 Å². The summed E-state index contributed by atoms with van der Waals surface area (Å²) in [4.78, 5) is 18.4. The number of hydrogen-bond donors (Lipinski definition) is 2. The Morgan fingerprint density at radius 1 is 0.340 bits per heavy atom. The topological polar surface area (TPSA) is 57.4 Å². The number of nitrogens with one attached hydrogen (secondary N) is 2. The van der Waals surface area contributed by atoms with Gasteiger partial charge in [0.2, 0.25) is 0 Å². The molecule has 2 aliphatic heterocycles. The van der Waals surface area contributed by atoms with Crippen LogP contribution in [0.3, 0.4) is 0 Å². The van der Waals surface area contributed by atoms with E-state index in [1.54, 1.807) is 0 Å². The maximum Gasteiger partial charge on any atom is 0.0737 e. The Bertz CT molecular complexity index is 2800. The molecule has 4 nitrogen and oxygen atoms in total. The highest BCUT2D eigenvalue weighted by Gasteiger charge is 2.20. The standard InChI is InChI=1S/C44H25Br5N4/c45-28-9-1-24(2-10-28)40-33-17-18-34(50-33)41(25-3-11-29(46)12-4-25)36-21-22-38(52-36)43(27-7-15-31(48)16-8-27)44-32(49)23-39(53-44)42(37-20-19-35(40)51-37)26-5-13-30(47)14-6-26/h1-23,50,53H. The highest BCUT2D eigenvalue weighted by Crippen LogP contribution is 2.41. The Balaban J connectivity index is 1.49. The van der Waals surface area contributed by atoms with Crippen LogP contribution in [0.5, 0.6) is 0 Å². The first kappa shape index (κ1) is 34.6. The van der Waals surface area contributed by atoms with Crippen LogP contribution in [0.25, 0.3) is 90.9 Å². The zero-order valence-corrected chi connectivity index (χ0v) is 35.5. The molecule has 0 amide bonds. The van der Waals surface area contributed by atoms with Crippen molar-refractivity contribution in [3.05, 3.63) is 160 Å². The summed E-state index contributed by atoms with van der Waals surface area (Å²) in [6.45, 7) is 0. The molecule has 9 heteroatoms. The number of fused-ring (bicyclic) bond motifs is 8. The monoisotopic (exact) mass is 1000 g/mol. The van der Waals surface area contributed by atoms with E-state index in [-0.39, 0.29) is 0 Å². The van der Waals surface area contributed by atoms with Crippen molar-refractivity contribution in [2.24, 2.45) is 0 Å². The SMILES string of the molecule is Brc1ccc(-c2c3nc(c(-c4ccc(Br)cc4)c4cc(Br)c([nH]4)c(-c4ccc(Br)cc4)c4nc(c(-c5ccc(Br)cc5)c5ccc2[nH]5)C=C4)C=C3)cc1. The fourth-order valence-corrected chi connectivity index (χ4v) is 8.51. The van der Waals surface area contributed by atoms with E-state index in [0.29, 0.717) is 0 Å². The summed E-state index contributed by atoms with van der Waals surface area (Å²) in [5.41, 5.74) is 15.4. The summed E-state index contributed by atoms with van der Waals surface area (Å²) in [6.07, 6.45) is 8.47. The fourth-order valence-electron chi connectivity index (χ4n) is 6.92. The van der Waals surface area contributed by atoms with Crippen LogP contribution in [0.2, 0.25) is 0 Å². The molecule has 256 valence electrons. The summed E-state index contributed by atoms with van der Waals surface area (Å²) < 4.78 is 4.97. The van der Waals surface area contributed by atoms with E-state index < -0.39 is 0 Å². The molecule has 2 aliphatic rings. The Morgan fingerprint density at radius 3 is 1.04 bits per heavy atom. The van der Waals surface area contributed by atoms with Crippen molar-refractivity contribution in [2.75, 3.05) is 0 Å². The number of nitrogens with zero attached hydrogens (tertiary/aromatic N) is 2. The van der Waals surface area contributed by atoms with Crippen molar-refractivity contribution in [3.63, 3.8) is 0 Å². The van der Waals surface area contributed by atoms with Crippen LogP contribution in [0.15, 0.2) is 138 Å². The van der Waals surface area contributed by atoms with Gasteiger partial charge in [-0.15, -0.1) is 0 Å². The lowest BCUT2D eigenvalue weighted by Crippen LogP contribution is -1.90. The molecule has 7 aromatic rings. The quantitative estimate of drug-likeness (QED) is 0.185. The highest BCUT2D eigenvalue weighted by molar-refractivity contribution is 9.11. The highest BCUT2D eigenvalue weighted by atomic mass is 79.9. The zero-order chi connectivity index (χ0) is 36.2. The van der Waals surface area contributed by atoms with Crippen LogP contribution in [-0.4, -0.2) is 19.9 Å². The van der Waals surface area contributed by atoms with Gasteiger partial charge in [0, 0.05) is 61.2 Å². The summed E-state index contributed by atoms with van der Waals surface area (Å²) in [6, 6.07) is 40.0. The molecule has 53 heavy (non-hydrogen) atoms. The first-order valence-electron chi connectivity index (χ1n) is 16.7. The van der Waals surface area contributed by atoms with Crippen molar-refractivity contribution in [3.8, 4) is 44.5 Å². The molecule has 0 spiro atoms. The lowest BCUT2D eigenvalue weighted by Gasteiger charge is -2.07. The van der Waals surface area contributed by atoms with Crippen molar-refractivity contribution in [2.45, 2.75) is 0 Å². The second-order valence-electron chi connectivity index (χ2n) is 12.7. The molecule has 0 unspecified atom stereocenters. The minimum absolute atomic E-state index is 0.853. The van der Waals surface area contributed by atoms with Crippen molar-refractivity contribution in [1.82, 2.24) is 19.9 Å². The number of rotatable bonds is 4. The van der Waals surface area contributed by atoms with Gasteiger partial charge in [-0.1, -0.05) is 112 Å². The maximum atomic E-state index is 5.40. The number of aromatic amines is 2. The molecular formula is C44H25Br5N4. The molecule has 8 bridgehead atoms. The molecule has 5 heterocycles. The molecule has 0 radical (unpaired) electrons. The molecule has 9 rings (SSSR count). The molecule has 3 aromatic heterocycles. The van der Waals surface area contributed by atoms with Gasteiger partial charge >= 0.3 is 0 Å². The normalized spacial score (nSPS) is 12.1. The minimum atomic E-state index is 0.853. The Kier molecular flexibility index (Phi) is 9.32. The van der Waals surface area contributed by atoms with Gasteiger partial charge < -0.3 is 9.97 Å². The summed E-state index contributed by atoms with van der Waals surface area (Å²) >= 11 is 18.5. The maximum absolute atomic E-state index is 5.40. The van der Waals surface area contributed by atoms with Crippen molar-refractivity contribution in [1.29, 1.82) is 0 Å². The summed E-state index contributed by atoms with van der Waals surface area (Å²) in [7, 11) is 0. The fraction of sp³-hybridized carbons (Fsp3) is 0. The number of aromatic nitrogens is 4. The van der Waals surface area contributed by atoms with Gasteiger partial charge in [0.25, 0.3) is 0 Å². The van der Waals surface area contributed by atoms with E-state index in [0.717, 1.165) is 112 Å². The number of hydrogen-bond acceptors (Lipinski definition) is 2. The van der Waals surface area contributed by atoms with Crippen LogP contribution in [0, 0.1) is 0 Å². The van der Waals surface area contributed by atoms with Crippen LogP contribution in [0.4, 0.5) is 0 Å². The van der Waals surface area contributed by atoms with Crippen LogP contribution in [0.1, 0.15) is 22.8 Å². The Hall–Kier alpha value is -4.12. The molecule has 0 saturated carbocycles. The summed E-state index contributed by atoms with van der Waals surface area (Å²) in [5.74, 6) is 0. The predicted octanol–water partition coefficient (Wildman–Crippen LogP) is 15.1. The van der Waals surface area contributed by atoms with Gasteiger partial charge in [-0.2, -0.15) is 0 Å². The van der Waals surface area contributed by atoms with Crippen molar-refractivity contribution >= 4 is 126 Å². The first-order valence-corrected chi connectivity index (χ1v) is 20.6. The van der Waals surface area contributed by atoms with Gasteiger partial charge in [-0.3, -0.25) is 0 Å². The Morgan fingerprint density at radius 2 is 0.660 bits per heavy atom. The third-order valence-electron chi connectivity index (χ3n) is 9.35. The van der Waals surface area contributed by atoms with E-state index in [9.17, 15) is 0 Å². The molecule has 0 saturated heterocycles. The third-order valence-corrected chi connectivity index (χ3v) is 12.1. The second kappa shape index (κ2) is 14.3. The van der Waals surface area contributed by atoms with E-state index in [2.05, 4.69) is 229 Å². The first-order chi connectivity index (χ1) is 25.8. The predicted molar refractivity (Wildman–Crippen MR) is 239 cm³/mol. The van der Waals surface area contributed by atoms with E-state index in [1.807, 2.05) is 0 Å². The zero-order valence-electron chi connectivity index (χ0n) is 27.6. The average molecular weight is 1010 g/mol. The van der Waals surface area contributed by atoms with Crippen LogP contribution >= 0.6 is 79.6 Å². The summed E-state index contributed by atoms with van der Waals surface area (Å²) in [5, 5.41) is 0. The largest absolute Gasteiger partial charge is 0.354 e. The molecule has 2 N–H and O–H groups in total. The second-order valence-corrected chi connectivity index (χ2v) is 17.2. The van der Waals surface area contributed by atoms with E-state index >= 15 is 0 Å². The number of halogens is 5. The van der Waals surface area contributed by atoms with E-state index in [4.69, 9.17) is 9.97 Å². The van der Waals surface area contributed by atoms with Gasteiger partial charge in [-0.25, -0.2) is 9.97 Å². The molecule has 0 aliphatic carbocycles. The van der Waals surface area contributed by atoms with Gasteiger partial charge in [0.1, 0.15) is 0 Å². The molecule has 0 fully saturated rings. The molecule has 0 atom stereocenters. The molecule has 4 aromatic carbocycles. The lowest BCUT2D eigenvalue weighted by molar-refractivity contribution is 1.31. The lowest BCUT2D eigenvalue weighted by atomic mass is 10.0. The van der Waals surface area contributed by atoms with E-state index in [1.165, 1.54) is 0 Å². The third kappa shape index (κ3) is 6.67. The van der Waals surface area contributed by atoms with Crippen molar-refractivity contribution < 1.29 is 0 Å². The smallest absolute Gasteiger partial charge is 0.0737 e. The van der Waals surface area contributed by atoms with Gasteiger partial charge in [0.05, 0.1) is 28.3 Å². The molecular weight excluding hydrogens is 984 g/mol. The Labute approximate surface area is 347 Å². The van der Waals surface area contributed by atoms with Crippen LogP contribution < -0.4 is 0 Å².